The first-order chi connectivity index (χ1) is 9.28. The van der Waals surface area contributed by atoms with Gasteiger partial charge >= 0.3 is 0 Å². The van der Waals surface area contributed by atoms with Gasteiger partial charge in [0.25, 0.3) is 5.91 Å². The van der Waals surface area contributed by atoms with Crippen LogP contribution in [0.15, 0.2) is 12.1 Å². The van der Waals surface area contributed by atoms with Crippen LogP contribution < -0.4 is 10.6 Å². The molecule has 0 saturated heterocycles. The van der Waals surface area contributed by atoms with Crippen LogP contribution in [0.1, 0.15) is 43.1 Å². The standard InChI is InChI=1S/C14H20N4O/c1-2-15-12-8-7-11(17-18-12)14(19)16-13(9-3-4-9)10-5-6-10/h7-10,13H,2-6H2,1H3,(H,15,18)(H,16,19). The molecule has 1 amide bonds. The van der Waals surface area contributed by atoms with Crippen molar-refractivity contribution in [1.82, 2.24) is 15.5 Å². The molecule has 5 nitrogen and oxygen atoms in total. The van der Waals surface area contributed by atoms with Gasteiger partial charge in [0.15, 0.2) is 5.69 Å². The minimum Gasteiger partial charge on any atom is -0.369 e. The highest BCUT2D eigenvalue weighted by Gasteiger charge is 2.42. The number of hydrogen-bond acceptors (Lipinski definition) is 4. The molecule has 102 valence electrons. The number of rotatable bonds is 6. The normalized spacial score (nSPS) is 18.4. The molecule has 0 bridgehead atoms. The molecule has 19 heavy (non-hydrogen) atoms. The van der Waals surface area contributed by atoms with Crippen molar-refractivity contribution in [3.05, 3.63) is 17.8 Å². The van der Waals surface area contributed by atoms with Gasteiger partial charge in [0.05, 0.1) is 0 Å². The van der Waals surface area contributed by atoms with Gasteiger partial charge in [-0.15, -0.1) is 10.2 Å². The molecule has 1 aromatic heterocycles. The summed E-state index contributed by atoms with van der Waals surface area (Å²) in [6, 6.07) is 3.90. The van der Waals surface area contributed by atoms with E-state index >= 15 is 0 Å². The van der Waals surface area contributed by atoms with Crippen molar-refractivity contribution in [2.75, 3.05) is 11.9 Å². The van der Waals surface area contributed by atoms with E-state index in [0.29, 0.717) is 29.4 Å². The number of carbonyl (C=O) groups excluding carboxylic acids is 1. The van der Waals surface area contributed by atoms with Gasteiger partial charge in [-0.25, -0.2) is 0 Å². The molecule has 2 saturated carbocycles. The molecule has 0 atom stereocenters. The average molecular weight is 260 g/mol. The lowest BCUT2D eigenvalue weighted by molar-refractivity contribution is 0.0920. The summed E-state index contributed by atoms with van der Waals surface area (Å²) in [4.78, 5) is 12.2. The van der Waals surface area contributed by atoms with Crippen molar-refractivity contribution in [1.29, 1.82) is 0 Å². The third-order valence-electron chi connectivity index (χ3n) is 3.81. The summed E-state index contributed by atoms with van der Waals surface area (Å²) in [5.74, 6) is 2.02. The summed E-state index contributed by atoms with van der Waals surface area (Å²) in [5.41, 5.74) is 0.410. The molecule has 2 N–H and O–H groups in total. The number of hydrogen-bond donors (Lipinski definition) is 2. The highest BCUT2D eigenvalue weighted by atomic mass is 16.2. The zero-order chi connectivity index (χ0) is 13.2. The quantitative estimate of drug-likeness (QED) is 0.819. The maximum absolute atomic E-state index is 12.2. The van der Waals surface area contributed by atoms with Gasteiger partial charge in [0.1, 0.15) is 5.82 Å². The fraction of sp³-hybridized carbons (Fsp3) is 0.643. The van der Waals surface area contributed by atoms with E-state index < -0.39 is 0 Å². The lowest BCUT2D eigenvalue weighted by Crippen LogP contribution is -2.38. The maximum Gasteiger partial charge on any atom is 0.272 e. The summed E-state index contributed by atoms with van der Waals surface area (Å²) in [7, 11) is 0. The molecular weight excluding hydrogens is 240 g/mol. The van der Waals surface area contributed by atoms with Crippen LogP contribution in [-0.4, -0.2) is 28.7 Å². The molecule has 0 unspecified atom stereocenters. The minimum absolute atomic E-state index is 0.0839. The van der Waals surface area contributed by atoms with Crippen LogP contribution in [0.2, 0.25) is 0 Å². The third-order valence-corrected chi connectivity index (χ3v) is 3.81. The van der Waals surface area contributed by atoms with E-state index in [4.69, 9.17) is 0 Å². The van der Waals surface area contributed by atoms with Crippen LogP contribution in [0.5, 0.6) is 0 Å². The molecule has 2 fully saturated rings. The number of carbonyl (C=O) groups is 1. The highest BCUT2D eigenvalue weighted by Crippen LogP contribution is 2.44. The van der Waals surface area contributed by atoms with Crippen molar-refractivity contribution < 1.29 is 4.79 Å². The third kappa shape index (κ3) is 3.03. The van der Waals surface area contributed by atoms with Crippen LogP contribution in [-0.2, 0) is 0 Å². The summed E-state index contributed by atoms with van der Waals surface area (Å²) >= 11 is 0. The van der Waals surface area contributed by atoms with Crippen LogP contribution in [0.4, 0.5) is 5.82 Å². The SMILES string of the molecule is CCNc1ccc(C(=O)NC(C2CC2)C2CC2)nn1. The molecular formula is C14H20N4O. The summed E-state index contributed by atoms with van der Waals surface area (Å²) < 4.78 is 0. The fourth-order valence-electron chi connectivity index (χ4n) is 2.49. The van der Waals surface area contributed by atoms with Gasteiger partial charge in [-0.1, -0.05) is 0 Å². The highest BCUT2D eigenvalue weighted by molar-refractivity contribution is 5.92. The fourth-order valence-corrected chi connectivity index (χ4v) is 2.49. The smallest absolute Gasteiger partial charge is 0.272 e. The van der Waals surface area contributed by atoms with Gasteiger partial charge < -0.3 is 10.6 Å². The molecule has 2 aliphatic rings. The number of anilines is 1. The Balaban J connectivity index is 1.62. The molecule has 1 heterocycles. The Bertz CT molecular complexity index is 439. The van der Waals surface area contributed by atoms with Crippen molar-refractivity contribution in [3.63, 3.8) is 0 Å². The Kier molecular flexibility index (Phi) is 3.36. The molecule has 1 aromatic rings. The molecule has 0 aromatic carbocycles. The molecule has 2 aliphatic carbocycles. The lowest BCUT2D eigenvalue weighted by atomic mass is 10.1. The van der Waals surface area contributed by atoms with E-state index in [1.165, 1.54) is 25.7 Å². The number of aromatic nitrogens is 2. The average Bonchev–Trinajstić information content (AvgIpc) is 3.30. The second kappa shape index (κ2) is 5.15. The first-order valence-corrected chi connectivity index (χ1v) is 7.16. The van der Waals surface area contributed by atoms with E-state index in [2.05, 4.69) is 20.8 Å². The summed E-state index contributed by atoms with van der Waals surface area (Å²) in [6.07, 6.45) is 5.03. The first kappa shape index (κ1) is 12.4. The predicted octanol–water partition coefficient (Wildman–Crippen LogP) is 1.83. The van der Waals surface area contributed by atoms with Crippen LogP contribution in [0.3, 0.4) is 0 Å². The molecule has 5 heteroatoms. The number of nitrogens with one attached hydrogen (secondary N) is 2. The van der Waals surface area contributed by atoms with E-state index in [1.807, 2.05) is 6.92 Å². The lowest BCUT2D eigenvalue weighted by Gasteiger charge is -2.17. The van der Waals surface area contributed by atoms with E-state index in [9.17, 15) is 4.79 Å². The van der Waals surface area contributed by atoms with Crippen molar-refractivity contribution in [2.45, 2.75) is 38.6 Å². The maximum atomic E-state index is 12.2. The number of amides is 1. The Hall–Kier alpha value is -1.65. The topological polar surface area (TPSA) is 66.9 Å². The van der Waals surface area contributed by atoms with Gasteiger partial charge in [-0.2, -0.15) is 0 Å². The zero-order valence-electron chi connectivity index (χ0n) is 11.2. The predicted molar refractivity (Wildman–Crippen MR) is 72.9 cm³/mol. The van der Waals surface area contributed by atoms with Gasteiger partial charge in [-0.05, 0) is 56.6 Å². The van der Waals surface area contributed by atoms with Crippen molar-refractivity contribution in [2.24, 2.45) is 11.8 Å². The second-order valence-electron chi connectivity index (χ2n) is 5.51. The summed E-state index contributed by atoms with van der Waals surface area (Å²) in [6.45, 7) is 2.80. The van der Waals surface area contributed by atoms with E-state index in [-0.39, 0.29) is 5.91 Å². The van der Waals surface area contributed by atoms with Gasteiger partial charge in [-0.3, -0.25) is 4.79 Å². The second-order valence-corrected chi connectivity index (χ2v) is 5.51. The van der Waals surface area contributed by atoms with Crippen LogP contribution >= 0.6 is 0 Å². The van der Waals surface area contributed by atoms with Crippen molar-refractivity contribution >= 4 is 11.7 Å². The van der Waals surface area contributed by atoms with E-state index in [0.717, 1.165) is 6.54 Å². The molecule has 0 radical (unpaired) electrons. The minimum atomic E-state index is -0.0839. The van der Waals surface area contributed by atoms with Gasteiger partial charge in [0.2, 0.25) is 0 Å². The monoisotopic (exact) mass is 260 g/mol. The zero-order valence-corrected chi connectivity index (χ0v) is 11.2. The van der Waals surface area contributed by atoms with Crippen LogP contribution in [0.25, 0.3) is 0 Å². The molecule has 0 spiro atoms. The van der Waals surface area contributed by atoms with Crippen molar-refractivity contribution in [3.8, 4) is 0 Å². The van der Waals surface area contributed by atoms with Gasteiger partial charge in [0, 0.05) is 12.6 Å². The molecule has 0 aliphatic heterocycles. The van der Waals surface area contributed by atoms with E-state index in [1.54, 1.807) is 12.1 Å². The number of nitrogens with zero attached hydrogens (tertiary/aromatic N) is 2. The van der Waals surface area contributed by atoms with Crippen LogP contribution in [0, 0.1) is 11.8 Å². The Labute approximate surface area is 113 Å². The Morgan fingerprint density at radius 2 is 1.95 bits per heavy atom. The Morgan fingerprint density at radius 3 is 2.42 bits per heavy atom. The molecule has 3 rings (SSSR count). The first-order valence-electron chi connectivity index (χ1n) is 7.16. The Morgan fingerprint density at radius 1 is 1.26 bits per heavy atom. The largest absolute Gasteiger partial charge is 0.369 e. The summed E-state index contributed by atoms with van der Waals surface area (Å²) in [5, 5.41) is 14.2.